The van der Waals surface area contributed by atoms with Gasteiger partial charge in [-0.3, -0.25) is 4.99 Å². The molecule has 2 rings (SSSR count). The Bertz CT molecular complexity index is 622. The molecule has 0 heterocycles. The van der Waals surface area contributed by atoms with Crippen molar-refractivity contribution in [3.8, 4) is 0 Å². The van der Waals surface area contributed by atoms with E-state index < -0.39 is 5.60 Å². The molecule has 22 heavy (non-hydrogen) atoms. The van der Waals surface area contributed by atoms with Gasteiger partial charge in [-0.1, -0.05) is 12.1 Å². The van der Waals surface area contributed by atoms with Gasteiger partial charge in [0.1, 0.15) is 0 Å². The van der Waals surface area contributed by atoms with E-state index in [1.807, 2.05) is 32.0 Å². The van der Waals surface area contributed by atoms with Gasteiger partial charge >= 0.3 is 0 Å². The summed E-state index contributed by atoms with van der Waals surface area (Å²) in [4.78, 5) is 4.72. The standard InChI is InChI=1S/C17H25N3O2/c1-11-4-3-5-15(12(11)2)20-16-8-17(22,10-21)7-6-13(16)14(19)9-18/h3-5,21-22H,6-10,18-19H2,1-2H3/b14-13-,20-16?. The maximum atomic E-state index is 10.4. The van der Waals surface area contributed by atoms with Crippen LogP contribution in [0.4, 0.5) is 5.69 Å². The summed E-state index contributed by atoms with van der Waals surface area (Å²) in [5, 5.41) is 19.8. The summed E-state index contributed by atoms with van der Waals surface area (Å²) in [5.74, 6) is 0. The first-order chi connectivity index (χ1) is 10.4. The molecule has 0 spiro atoms. The van der Waals surface area contributed by atoms with Crippen LogP contribution in [0.5, 0.6) is 0 Å². The molecular weight excluding hydrogens is 278 g/mol. The van der Waals surface area contributed by atoms with E-state index in [0.717, 1.165) is 28.1 Å². The molecule has 120 valence electrons. The van der Waals surface area contributed by atoms with Gasteiger partial charge in [0, 0.05) is 24.4 Å². The Balaban J connectivity index is 2.49. The van der Waals surface area contributed by atoms with Gasteiger partial charge in [-0.15, -0.1) is 0 Å². The average Bonchev–Trinajstić information content (AvgIpc) is 2.51. The number of aryl methyl sites for hydroxylation is 1. The van der Waals surface area contributed by atoms with Crippen LogP contribution in [0.1, 0.15) is 30.4 Å². The monoisotopic (exact) mass is 303 g/mol. The van der Waals surface area contributed by atoms with Crippen molar-refractivity contribution in [2.24, 2.45) is 16.5 Å². The van der Waals surface area contributed by atoms with Gasteiger partial charge in [-0.25, -0.2) is 0 Å². The van der Waals surface area contributed by atoms with Gasteiger partial charge in [-0.2, -0.15) is 0 Å². The molecule has 1 unspecified atom stereocenters. The van der Waals surface area contributed by atoms with Crippen molar-refractivity contribution >= 4 is 11.4 Å². The maximum Gasteiger partial charge on any atom is 0.0935 e. The normalized spacial score (nSPS) is 26.3. The molecule has 0 radical (unpaired) electrons. The van der Waals surface area contributed by atoms with Crippen LogP contribution >= 0.6 is 0 Å². The minimum atomic E-state index is -1.13. The third-order valence-corrected chi connectivity index (χ3v) is 4.42. The minimum absolute atomic E-state index is 0.263. The zero-order valence-corrected chi connectivity index (χ0v) is 13.3. The van der Waals surface area contributed by atoms with Crippen molar-refractivity contribution in [2.45, 2.75) is 38.7 Å². The fourth-order valence-electron chi connectivity index (χ4n) is 2.72. The predicted molar refractivity (Wildman–Crippen MR) is 89.2 cm³/mol. The van der Waals surface area contributed by atoms with E-state index in [-0.39, 0.29) is 19.6 Å². The molecule has 0 bridgehead atoms. The van der Waals surface area contributed by atoms with Crippen LogP contribution in [-0.2, 0) is 0 Å². The van der Waals surface area contributed by atoms with Crippen LogP contribution in [-0.4, -0.2) is 34.7 Å². The van der Waals surface area contributed by atoms with E-state index in [0.29, 0.717) is 18.5 Å². The second-order valence-electron chi connectivity index (χ2n) is 6.04. The summed E-state index contributed by atoms with van der Waals surface area (Å²) >= 11 is 0. The van der Waals surface area contributed by atoms with E-state index in [2.05, 4.69) is 0 Å². The molecule has 1 aliphatic carbocycles. The van der Waals surface area contributed by atoms with Crippen molar-refractivity contribution in [1.29, 1.82) is 0 Å². The van der Waals surface area contributed by atoms with Gasteiger partial charge in [0.2, 0.25) is 0 Å². The number of aliphatic hydroxyl groups is 2. The van der Waals surface area contributed by atoms with Gasteiger partial charge in [0.25, 0.3) is 0 Å². The molecule has 0 aliphatic heterocycles. The summed E-state index contributed by atoms with van der Waals surface area (Å²) in [6.07, 6.45) is 1.32. The Hall–Kier alpha value is -1.69. The number of hydrogen-bond donors (Lipinski definition) is 4. The Morgan fingerprint density at radius 1 is 1.36 bits per heavy atom. The van der Waals surface area contributed by atoms with Crippen molar-refractivity contribution in [3.63, 3.8) is 0 Å². The molecule has 6 N–H and O–H groups in total. The van der Waals surface area contributed by atoms with Crippen molar-refractivity contribution in [3.05, 3.63) is 40.6 Å². The molecule has 1 aromatic carbocycles. The van der Waals surface area contributed by atoms with Crippen LogP contribution in [0.15, 0.2) is 34.5 Å². The molecule has 0 amide bonds. The first kappa shape index (κ1) is 16.7. The quantitative estimate of drug-likeness (QED) is 0.678. The number of nitrogens with zero attached hydrogens (tertiary/aromatic N) is 1. The number of benzene rings is 1. The summed E-state index contributed by atoms with van der Waals surface area (Å²) in [5.41, 5.74) is 15.9. The number of rotatable bonds is 3. The Kier molecular flexibility index (Phi) is 5.01. The van der Waals surface area contributed by atoms with Crippen molar-refractivity contribution in [2.75, 3.05) is 13.2 Å². The van der Waals surface area contributed by atoms with Gasteiger partial charge in [-0.05, 0) is 49.5 Å². The fraction of sp³-hybridized carbons (Fsp3) is 0.471. The molecule has 1 atom stereocenters. The lowest BCUT2D eigenvalue weighted by atomic mass is 9.80. The largest absolute Gasteiger partial charge is 0.401 e. The number of aliphatic imine (C=N–C) groups is 1. The highest BCUT2D eigenvalue weighted by Gasteiger charge is 2.35. The molecule has 1 saturated carbocycles. The van der Waals surface area contributed by atoms with Crippen LogP contribution in [0, 0.1) is 13.8 Å². The molecular formula is C17H25N3O2. The lowest BCUT2D eigenvalue weighted by Gasteiger charge is -2.33. The van der Waals surface area contributed by atoms with Crippen molar-refractivity contribution in [1.82, 2.24) is 0 Å². The highest BCUT2D eigenvalue weighted by Crippen LogP contribution is 2.33. The molecule has 5 nitrogen and oxygen atoms in total. The number of allylic oxidation sites excluding steroid dienone is 1. The van der Waals surface area contributed by atoms with Gasteiger partial charge in [0.05, 0.1) is 17.9 Å². The lowest BCUT2D eigenvalue weighted by Crippen LogP contribution is -2.41. The third-order valence-electron chi connectivity index (χ3n) is 4.42. The lowest BCUT2D eigenvalue weighted by molar-refractivity contribution is -0.0178. The van der Waals surface area contributed by atoms with E-state index in [4.69, 9.17) is 16.5 Å². The summed E-state index contributed by atoms with van der Waals surface area (Å²) < 4.78 is 0. The minimum Gasteiger partial charge on any atom is -0.401 e. The molecule has 1 aliphatic rings. The summed E-state index contributed by atoms with van der Waals surface area (Å²) in [6.45, 7) is 4.04. The summed E-state index contributed by atoms with van der Waals surface area (Å²) in [6, 6.07) is 5.94. The zero-order valence-electron chi connectivity index (χ0n) is 13.3. The molecule has 1 fully saturated rings. The van der Waals surface area contributed by atoms with E-state index in [9.17, 15) is 10.2 Å². The van der Waals surface area contributed by atoms with Gasteiger partial charge < -0.3 is 21.7 Å². The average molecular weight is 303 g/mol. The van der Waals surface area contributed by atoms with E-state index in [1.54, 1.807) is 0 Å². The van der Waals surface area contributed by atoms with Gasteiger partial charge in [0.15, 0.2) is 0 Å². The predicted octanol–water partition coefficient (Wildman–Crippen LogP) is 1.45. The zero-order chi connectivity index (χ0) is 16.3. The highest BCUT2D eigenvalue weighted by atomic mass is 16.3. The van der Waals surface area contributed by atoms with E-state index >= 15 is 0 Å². The summed E-state index contributed by atoms with van der Waals surface area (Å²) in [7, 11) is 0. The Morgan fingerprint density at radius 3 is 2.73 bits per heavy atom. The smallest absolute Gasteiger partial charge is 0.0935 e. The Labute approximate surface area is 131 Å². The molecule has 1 aromatic rings. The molecule has 0 aromatic heterocycles. The fourth-order valence-corrected chi connectivity index (χ4v) is 2.72. The number of hydrogen-bond acceptors (Lipinski definition) is 5. The number of nitrogens with two attached hydrogens (primary N) is 2. The molecule has 5 heteroatoms. The first-order valence-electron chi connectivity index (χ1n) is 7.55. The van der Waals surface area contributed by atoms with Crippen LogP contribution < -0.4 is 11.5 Å². The first-order valence-corrected chi connectivity index (χ1v) is 7.55. The highest BCUT2D eigenvalue weighted by molar-refractivity contribution is 6.03. The van der Waals surface area contributed by atoms with Crippen molar-refractivity contribution < 1.29 is 10.2 Å². The second kappa shape index (κ2) is 6.60. The SMILES string of the molecule is Cc1cccc(N=C2CC(O)(CO)CC/C2=C(/N)CN)c1C. The van der Waals surface area contributed by atoms with Crippen LogP contribution in [0.25, 0.3) is 0 Å². The van der Waals surface area contributed by atoms with E-state index in [1.165, 1.54) is 0 Å². The topological polar surface area (TPSA) is 105 Å². The Morgan fingerprint density at radius 2 is 2.09 bits per heavy atom. The maximum absolute atomic E-state index is 10.4. The molecule has 0 saturated heterocycles. The number of aliphatic hydroxyl groups excluding tert-OH is 1. The third kappa shape index (κ3) is 3.38. The second-order valence-corrected chi connectivity index (χ2v) is 6.04. The van der Waals surface area contributed by atoms with Crippen LogP contribution in [0.2, 0.25) is 0 Å². The van der Waals surface area contributed by atoms with Crippen LogP contribution in [0.3, 0.4) is 0 Å².